The summed E-state index contributed by atoms with van der Waals surface area (Å²) in [5.41, 5.74) is 2.67. The number of likely N-dealkylation sites (N-methyl/N-ethyl adjacent to an activating group) is 1. The molecule has 0 aliphatic heterocycles. The van der Waals surface area contributed by atoms with Gasteiger partial charge in [0.15, 0.2) is 0 Å². The summed E-state index contributed by atoms with van der Waals surface area (Å²) >= 11 is 3.55. The molecule has 0 radical (unpaired) electrons. The zero-order valence-corrected chi connectivity index (χ0v) is 13.0. The molecule has 19 heavy (non-hydrogen) atoms. The summed E-state index contributed by atoms with van der Waals surface area (Å²) in [5, 5.41) is 7.51. The number of hydrogen-bond donors (Lipinski definition) is 1. The second-order valence-corrected chi connectivity index (χ2v) is 5.71. The molecule has 0 bridgehead atoms. The van der Waals surface area contributed by atoms with E-state index in [0.29, 0.717) is 5.92 Å². The zero-order chi connectivity index (χ0) is 13.7. The lowest BCUT2D eigenvalue weighted by Crippen LogP contribution is -2.18. The van der Waals surface area contributed by atoms with Gasteiger partial charge in [-0.2, -0.15) is 5.10 Å². The lowest BCUT2D eigenvalue weighted by atomic mass is 9.93. The van der Waals surface area contributed by atoms with Crippen LogP contribution in [0.25, 0.3) is 0 Å². The van der Waals surface area contributed by atoms with Gasteiger partial charge in [-0.1, -0.05) is 28.1 Å². The van der Waals surface area contributed by atoms with Gasteiger partial charge in [-0.3, -0.25) is 4.68 Å². The van der Waals surface area contributed by atoms with Crippen molar-refractivity contribution in [3.05, 3.63) is 52.3 Å². The smallest absolute Gasteiger partial charge is 0.0492 e. The van der Waals surface area contributed by atoms with E-state index in [0.717, 1.165) is 23.9 Å². The Morgan fingerprint density at radius 2 is 2.21 bits per heavy atom. The summed E-state index contributed by atoms with van der Waals surface area (Å²) in [6, 6.07) is 10.7. The first-order valence-corrected chi connectivity index (χ1v) is 7.37. The standard InChI is InChI=1S/C15H20BrN3/c1-17-11-13(12-4-3-5-14(16)10-12)6-7-15-8-9-18-19(15)2/h3-5,8-10,13,17H,6-7,11H2,1-2H3. The van der Waals surface area contributed by atoms with Crippen LogP contribution in [0, 0.1) is 0 Å². The zero-order valence-electron chi connectivity index (χ0n) is 11.4. The first-order chi connectivity index (χ1) is 9.20. The number of aromatic nitrogens is 2. The van der Waals surface area contributed by atoms with Crippen LogP contribution in [0.4, 0.5) is 0 Å². The number of nitrogens with one attached hydrogen (secondary N) is 1. The van der Waals surface area contributed by atoms with E-state index in [9.17, 15) is 0 Å². The number of benzene rings is 1. The molecule has 4 heteroatoms. The molecule has 0 aliphatic rings. The highest BCUT2D eigenvalue weighted by Gasteiger charge is 2.12. The molecular weight excluding hydrogens is 302 g/mol. The highest BCUT2D eigenvalue weighted by molar-refractivity contribution is 9.10. The van der Waals surface area contributed by atoms with Gasteiger partial charge in [-0.15, -0.1) is 0 Å². The summed E-state index contributed by atoms with van der Waals surface area (Å²) < 4.78 is 3.10. The first-order valence-electron chi connectivity index (χ1n) is 6.57. The summed E-state index contributed by atoms with van der Waals surface area (Å²) in [4.78, 5) is 0. The third kappa shape index (κ3) is 3.91. The quantitative estimate of drug-likeness (QED) is 0.886. The highest BCUT2D eigenvalue weighted by atomic mass is 79.9. The topological polar surface area (TPSA) is 29.9 Å². The van der Waals surface area contributed by atoms with Crippen molar-refractivity contribution in [3.63, 3.8) is 0 Å². The molecule has 0 spiro atoms. The van der Waals surface area contributed by atoms with Crippen LogP contribution in [0.1, 0.15) is 23.6 Å². The second kappa shape index (κ2) is 6.87. The van der Waals surface area contributed by atoms with Crippen molar-refractivity contribution in [1.29, 1.82) is 0 Å². The normalized spacial score (nSPS) is 12.6. The Bertz CT molecular complexity index is 522. The van der Waals surface area contributed by atoms with Gasteiger partial charge in [0, 0.05) is 30.0 Å². The maximum absolute atomic E-state index is 4.22. The number of aryl methyl sites for hydroxylation is 2. The van der Waals surface area contributed by atoms with Crippen LogP contribution >= 0.6 is 15.9 Å². The van der Waals surface area contributed by atoms with Crippen LogP contribution in [0.15, 0.2) is 41.0 Å². The minimum atomic E-state index is 0.525. The van der Waals surface area contributed by atoms with Crippen LogP contribution in [-0.2, 0) is 13.5 Å². The molecule has 1 N–H and O–H groups in total. The first kappa shape index (κ1) is 14.3. The fourth-order valence-electron chi connectivity index (χ4n) is 2.36. The van der Waals surface area contributed by atoms with Gasteiger partial charge in [0.1, 0.15) is 0 Å². The molecule has 3 nitrogen and oxygen atoms in total. The highest BCUT2D eigenvalue weighted by Crippen LogP contribution is 2.24. The number of rotatable bonds is 6. The molecule has 1 aromatic carbocycles. The number of halogens is 1. The van der Waals surface area contributed by atoms with Crippen molar-refractivity contribution in [3.8, 4) is 0 Å². The fourth-order valence-corrected chi connectivity index (χ4v) is 2.78. The maximum Gasteiger partial charge on any atom is 0.0492 e. The predicted molar refractivity (Wildman–Crippen MR) is 82.3 cm³/mol. The lowest BCUT2D eigenvalue weighted by Gasteiger charge is -2.17. The largest absolute Gasteiger partial charge is 0.319 e. The van der Waals surface area contributed by atoms with E-state index in [4.69, 9.17) is 0 Å². The van der Waals surface area contributed by atoms with Gasteiger partial charge in [0.05, 0.1) is 0 Å². The summed E-state index contributed by atoms with van der Waals surface area (Å²) in [7, 11) is 4.01. The van der Waals surface area contributed by atoms with Crippen molar-refractivity contribution < 1.29 is 0 Å². The van der Waals surface area contributed by atoms with E-state index in [1.54, 1.807) is 0 Å². The monoisotopic (exact) mass is 321 g/mol. The van der Waals surface area contributed by atoms with Crippen molar-refractivity contribution in [1.82, 2.24) is 15.1 Å². The summed E-state index contributed by atoms with van der Waals surface area (Å²) in [6.07, 6.45) is 4.04. The van der Waals surface area contributed by atoms with Crippen LogP contribution in [0.3, 0.4) is 0 Å². The van der Waals surface area contributed by atoms with Crippen LogP contribution in [0.2, 0.25) is 0 Å². The molecular formula is C15H20BrN3. The molecule has 0 saturated heterocycles. The maximum atomic E-state index is 4.22. The Labute approximate surface area is 123 Å². The molecule has 2 aromatic rings. The van der Waals surface area contributed by atoms with Gasteiger partial charge >= 0.3 is 0 Å². The second-order valence-electron chi connectivity index (χ2n) is 4.79. The van der Waals surface area contributed by atoms with E-state index in [-0.39, 0.29) is 0 Å². The predicted octanol–water partition coefficient (Wildman–Crippen LogP) is 3.12. The molecule has 0 fully saturated rings. The van der Waals surface area contributed by atoms with Crippen LogP contribution in [0.5, 0.6) is 0 Å². The van der Waals surface area contributed by atoms with Crippen molar-refractivity contribution >= 4 is 15.9 Å². The lowest BCUT2D eigenvalue weighted by molar-refractivity contribution is 0.567. The van der Waals surface area contributed by atoms with Crippen LogP contribution in [-0.4, -0.2) is 23.4 Å². The average molecular weight is 322 g/mol. The summed E-state index contributed by atoms with van der Waals surface area (Å²) in [5.74, 6) is 0.525. The van der Waals surface area contributed by atoms with Crippen molar-refractivity contribution in [2.75, 3.05) is 13.6 Å². The average Bonchev–Trinajstić information content (AvgIpc) is 2.80. The van der Waals surface area contributed by atoms with Gasteiger partial charge in [0.2, 0.25) is 0 Å². The Balaban J connectivity index is 2.06. The van der Waals surface area contributed by atoms with E-state index in [1.165, 1.54) is 11.3 Å². The molecule has 1 heterocycles. The molecule has 1 aromatic heterocycles. The fraction of sp³-hybridized carbons (Fsp3) is 0.400. The number of hydrogen-bond acceptors (Lipinski definition) is 2. The Kier molecular flexibility index (Phi) is 5.16. The molecule has 1 atom stereocenters. The van der Waals surface area contributed by atoms with E-state index < -0.39 is 0 Å². The Morgan fingerprint density at radius 3 is 2.84 bits per heavy atom. The minimum absolute atomic E-state index is 0.525. The molecule has 2 rings (SSSR count). The van der Waals surface area contributed by atoms with Gasteiger partial charge in [0.25, 0.3) is 0 Å². The Morgan fingerprint density at radius 1 is 1.37 bits per heavy atom. The van der Waals surface area contributed by atoms with Crippen molar-refractivity contribution in [2.45, 2.75) is 18.8 Å². The summed E-state index contributed by atoms with van der Waals surface area (Å²) in [6.45, 7) is 0.994. The third-order valence-corrected chi connectivity index (χ3v) is 3.94. The van der Waals surface area contributed by atoms with Crippen LogP contribution < -0.4 is 5.32 Å². The molecule has 0 saturated carbocycles. The van der Waals surface area contributed by atoms with Gasteiger partial charge in [-0.25, -0.2) is 0 Å². The van der Waals surface area contributed by atoms with E-state index in [2.05, 4.69) is 56.7 Å². The molecule has 0 aliphatic carbocycles. The Hall–Kier alpha value is -1.13. The van der Waals surface area contributed by atoms with Gasteiger partial charge < -0.3 is 5.32 Å². The third-order valence-electron chi connectivity index (χ3n) is 3.44. The van der Waals surface area contributed by atoms with Gasteiger partial charge in [-0.05, 0) is 49.6 Å². The van der Waals surface area contributed by atoms with E-state index >= 15 is 0 Å². The molecule has 102 valence electrons. The molecule has 1 unspecified atom stereocenters. The minimum Gasteiger partial charge on any atom is -0.319 e. The van der Waals surface area contributed by atoms with E-state index in [1.807, 2.05) is 25.0 Å². The molecule has 0 amide bonds. The number of nitrogens with zero attached hydrogens (tertiary/aromatic N) is 2. The SMILES string of the molecule is CNCC(CCc1ccnn1C)c1cccc(Br)c1. The van der Waals surface area contributed by atoms with Crippen molar-refractivity contribution in [2.24, 2.45) is 7.05 Å².